The average Bonchev–Trinajstić information content (AvgIpc) is 3.10. The average molecular weight is 308 g/mol. The van der Waals surface area contributed by atoms with Gasteiger partial charge in [0.1, 0.15) is 0 Å². The molecule has 2 amide bonds. The number of urea groups is 1. The minimum absolute atomic E-state index is 0.000772. The number of carbonyl (C=O) groups is 1. The van der Waals surface area contributed by atoms with Crippen LogP contribution < -0.4 is 5.32 Å². The van der Waals surface area contributed by atoms with Crippen molar-refractivity contribution in [1.82, 2.24) is 20.4 Å². The van der Waals surface area contributed by atoms with Gasteiger partial charge in [-0.3, -0.25) is 0 Å². The molecule has 22 heavy (non-hydrogen) atoms. The van der Waals surface area contributed by atoms with Crippen molar-refractivity contribution in [2.45, 2.75) is 39.0 Å². The van der Waals surface area contributed by atoms with Crippen LogP contribution in [0.2, 0.25) is 0 Å². The number of likely N-dealkylation sites (tertiary alicyclic amines) is 1. The minimum atomic E-state index is 0.000772. The van der Waals surface area contributed by atoms with Crippen LogP contribution in [0.1, 0.15) is 43.8 Å². The minimum Gasteiger partial charge on any atom is -0.381 e. The van der Waals surface area contributed by atoms with Crippen LogP contribution in [0.25, 0.3) is 0 Å². The number of aromatic nitrogens is 2. The molecule has 7 nitrogen and oxygen atoms in total. The first-order valence-corrected chi connectivity index (χ1v) is 8.05. The highest BCUT2D eigenvalue weighted by Gasteiger charge is 2.51. The standard InChI is InChI=1S/C15H24N4O3/c1-3-6-16-14(20)19-9-12(13-17-11(2)18-22-13)15(10-19)4-7-21-8-5-15/h12H,3-10H2,1-2H3,(H,16,20)/t12-/m1/s1. The van der Waals surface area contributed by atoms with E-state index in [4.69, 9.17) is 9.26 Å². The summed E-state index contributed by atoms with van der Waals surface area (Å²) in [6, 6.07) is 0.00598. The van der Waals surface area contributed by atoms with Crippen LogP contribution >= 0.6 is 0 Å². The lowest BCUT2D eigenvalue weighted by Gasteiger charge is -2.36. The maximum Gasteiger partial charge on any atom is 0.317 e. The second kappa shape index (κ2) is 6.24. The Morgan fingerprint density at radius 3 is 2.86 bits per heavy atom. The summed E-state index contributed by atoms with van der Waals surface area (Å²) in [6.07, 6.45) is 2.79. The highest BCUT2D eigenvalue weighted by Crippen LogP contribution is 2.48. The molecule has 0 unspecified atom stereocenters. The van der Waals surface area contributed by atoms with E-state index in [1.54, 1.807) is 0 Å². The van der Waals surface area contributed by atoms with Crippen molar-refractivity contribution >= 4 is 6.03 Å². The van der Waals surface area contributed by atoms with Gasteiger partial charge in [-0.25, -0.2) is 4.79 Å². The van der Waals surface area contributed by atoms with Gasteiger partial charge in [0.25, 0.3) is 0 Å². The number of amides is 2. The van der Waals surface area contributed by atoms with Gasteiger partial charge in [0.2, 0.25) is 5.89 Å². The Morgan fingerprint density at radius 2 is 2.23 bits per heavy atom. The fraction of sp³-hybridized carbons (Fsp3) is 0.800. The second-order valence-corrected chi connectivity index (χ2v) is 6.32. The van der Waals surface area contributed by atoms with E-state index >= 15 is 0 Å². The van der Waals surface area contributed by atoms with E-state index in [0.29, 0.717) is 24.8 Å². The van der Waals surface area contributed by atoms with Gasteiger partial charge >= 0.3 is 6.03 Å². The van der Waals surface area contributed by atoms with Crippen molar-refractivity contribution in [3.8, 4) is 0 Å². The first kappa shape index (κ1) is 15.3. The van der Waals surface area contributed by atoms with Crippen LogP contribution in [-0.4, -0.2) is 53.9 Å². The first-order chi connectivity index (χ1) is 10.6. The molecule has 3 rings (SSSR count). The molecule has 2 fully saturated rings. The van der Waals surface area contributed by atoms with E-state index in [1.807, 2.05) is 18.7 Å². The van der Waals surface area contributed by atoms with Crippen molar-refractivity contribution in [2.75, 3.05) is 32.8 Å². The smallest absolute Gasteiger partial charge is 0.317 e. The molecule has 0 bridgehead atoms. The van der Waals surface area contributed by atoms with E-state index < -0.39 is 0 Å². The Kier molecular flexibility index (Phi) is 4.33. The van der Waals surface area contributed by atoms with Crippen molar-refractivity contribution in [3.05, 3.63) is 11.7 Å². The summed E-state index contributed by atoms with van der Waals surface area (Å²) in [4.78, 5) is 18.6. The molecule has 1 atom stereocenters. The molecular weight excluding hydrogens is 284 g/mol. The molecule has 1 spiro atoms. The van der Waals surface area contributed by atoms with Gasteiger partial charge in [0.05, 0.1) is 5.92 Å². The van der Waals surface area contributed by atoms with Crippen molar-refractivity contribution < 1.29 is 14.1 Å². The molecule has 0 saturated carbocycles. The number of carbonyl (C=O) groups excluding carboxylic acids is 1. The van der Waals surface area contributed by atoms with E-state index in [2.05, 4.69) is 15.5 Å². The Hall–Kier alpha value is -1.63. The van der Waals surface area contributed by atoms with Crippen LogP contribution in [-0.2, 0) is 4.74 Å². The lowest BCUT2D eigenvalue weighted by Crippen LogP contribution is -2.41. The third-order valence-electron chi connectivity index (χ3n) is 4.79. The topological polar surface area (TPSA) is 80.5 Å². The van der Waals surface area contributed by atoms with Gasteiger partial charge in [-0.15, -0.1) is 0 Å². The fourth-order valence-corrected chi connectivity index (χ4v) is 3.55. The van der Waals surface area contributed by atoms with Gasteiger partial charge in [0, 0.05) is 38.3 Å². The highest BCUT2D eigenvalue weighted by molar-refractivity contribution is 5.74. The summed E-state index contributed by atoms with van der Waals surface area (Å²) in [5.74, 6) is 1.40. The monoisotopic (exact) mass is 308 g/mol. The number of hydrogen-bond acceptors (Lipinski definition) is 5. The van der Waals surface area contributed by atoms with Crippen molar-refractivity contribution in [3.63, 3.8) is 0 Å². The van der Waals surface area contributed by atoms with Crippen LogP contribution in [0.4, 0.5) is 4.79 Å². The number of nitrogens with one attached hydrogen (secondary N) is 1. The summed E-state index contributed by atoms with van der Waals surface area (Å²) in [5, 5.41) is 6.88. The van der Waals surface area contributed by atoms with Crippen molar-refractivity contribution in [1.29, 1.82) is 0 Å². The number of ether oxygens (including phenoxy) is 1. The third-order valence-corrected chi connectivity index (χ3v) is 4.79. The van der Waals surface area contributed by atoms with Gasteiger partial charge < -0.3 is 19.5 Å². The molecule has 1 N–H and O–H groups in total. The zero-order chi connectivity index (χ0) is 15.6. The molecule has 2 aliphatic heterocycles. The Balaban J connectivity index is 1.80. The maximum atomic E-state index is 12.3. The van der Waals surface area contributed by atoms with Gasteiger partial charge in [0.15, 0.2) is 5.82 Å². The normalized spacial score (nSPS) is 23.9. The molecule has 0 radical (unpaired) electrons. The lowest BCUT2D eigenvalue weighted by atomic mass is 9.72. The molecule has 1 aromatic heterocycles. The lowest BCUT2D eigenvalue weighted by molar-refractivity contribution is 0.00943. The van der Waals surface area contributed by atoms with Gasteiger partial charge in [-0.2, -0.15) is 4.98 Å². The summed E-state index contributed by atoms with van der Waals surface area (Å²) in [6.45, 7) is 7.41. The molecule has 1 aromatic rings. The van der Waals surface area contributed by atoms with Crippen LogP contribution in [0.5, 0.6) is 0 Å². The Bertz CT molecular complexity index is 525. The van der Waals surface area contributed by atoms with Crippen molar-refractivity contribution in [2.24, 2.45) is 5.41 Å². The van der Waals surface area contributed by atoms with Gasteiger partial charge in [-0.05, 0) is 26.2 Å². The Labute approximate surface area is 130 Å². The maximum absolute atomic E-state index is 12.3. The number of nitrogens with zero attached hydrogens (tertiary/aromatic N) is 3. The number of aryl methyl sites for hydroxylation is 1. The molecule has 2 saturated heterocycles. The van der Waals surface area contributed by atoms with E-state index in [1.165, 1.54) is 0 Å². The SMILES string of the molecule is CCCNC(=O)N1C[C@H](c2nc(C)no2)C2(CCOCC2)C1. The van der Waals surface area contributed by atoms with E-state index in [9.17, 15) is 4.79 Å². The quantitative estimate of drug-likeness (QED) is 0.919. The fourth-order valence-electron chi connectivity index (χ4n) is 3.55. The summed E-state index contributed by atoms with van der Waals surface area (Å²) < 4.78 is 10.9. The molecule has 122 valence electrons. The van der Waals surface area contributed by atoms with Gasteiger partial charge in [-0.1, -0.05) is 12.1 Å². The molecule has 7 heteroatoms. The van der Waals surface area contributed by atoms with E-state index in [0.717, 1.165) is 39.0 Å². The molecule has 2 aliphatic rings. The number of rotatable bonds is 3. The molecule has 0 aromatic carbocycles. The summed E-state index contributed by atoms with van der Waals surface area (Å²) >= 11 is 0. The zero-order valence-electron chi connectivity index (χ0n) is 13.3. The zero-order valence-corrected chi connectivity index (χ0v) is 13.3. The molecular formula is C15H24N4O3. The number of hydrogen-bond donors (Lipinski definition) is 1. The summed E-state index contributed by atoms with van der Waals surface area (Å²) in [5.41, 5.74) is 0.000772. The second-order valence-electron chi connectivity index (χ2n) is 6.32. The highest BCUT2D eigenvalue weighted by atomic mass is 16.5. The first-order valence-electron chi connectivity index (χ1n) is 8.05. The predicted molar refractivity (Wildman–Crippen MR) is 79.5 cm³/mol. The molecule has 3 heterocycles. The largest absolute Gasteiger partial charge is 0.381 e. The van der Waals surface area contributed by atoms with Crippen LogP contribution in [0, 0.1) is 12.3 Å². The van der Waals surface area contributed by atoms with Crippen LogP contribution in [0.15, 0.2) is 4.52 Å². The predicted octanol–water partition coefficient (Wildman–Crippen LogP) is 1.69. The van der Waals surface area contributed by atoms with Crippen LogP contribution in [0.3, 0.4) is 0 Å². The Morgan fingerprint density at radius 1 is 1.45 bits per heavy atom. The molecule has 0 aliphatic carbocycles. The third kappa shape index (κ3) is 2.82. The van der Waals surface area contributed by atoms with E-state index in [-0.39, 0.29) is 17.4 Å². The summed E-state index contributed by atoms with van der Waals surface area (Å²) in [7, 11) is 0.